The SMILES string of the molecule is CC(C)Oc1nc(NCc2ccc(C#N)cc2)ccc1N. The molecule has 0 saturated heterocycles. The van der Waals surface area contributed by atoms with Crippen molar-refractivity contribution < 1.29 is 4.74 Å². The summed E-state index contributed by atoms with van der Waals surface area (Å²) in [5.41, 5.74) is 8.07. The second kappa shape index (κ2) is 6.62. The van der Waals surface area contributed by atoms with Gasteiger partial charge in [0.2, 0.25) is 5.88 Å². The Labute approximate surface area is 124 Å². The molecule has 0 amide bonds. The molecule has 0 spiro atoms. The van der Waals surface area contributed by atoms with Crippen LogP contribution in [0, 0.1) is 11.3 Å². The number of ether oxygens (including phenoxy) is 1. The molecule has 2 rings (SSSR count). The van der Waals surface area contributed by atoms with Crippen molar-refractivity contribution >= 4 is 11.5 Å². The summed E-state index contributed by atoms with van der Waals surface area (Å²) in [5, 5.41) is 12.0. The molecule has 1 heterocycles. The van der Waals surface area contributed by atoms with Crippen LogP contribution in [-0.4, -0.2) is 11.1 Å². The minimum Gasteiger partial charge on any atom is -0.473 e. The Morgan fingerprint density at radius 1 is 1.24 bits per heavy atom. The van der Waals surface area contributed by atoms with Crippen molar-refractivity contribution in [1.29, 1.82) is 5.26 Å². The molecule has 0 radical (unpaired) electrons. The van der Waals surface area contributed by atoms with Gasteiger partial charge >= 0.3 is 0 Å². The van der Waals surface area contributed by atoms with Crippen LogP contribution in [0.15, 0.2) is 36.4 Å². The van der Waals surface area contributed by atoms with Gasteiger partial charge in [0.25, 0.3) is 0 Å². The topological polar surface area (TPSA) is 84.0 Å². The molecule has 1 aromatic heterocycles. The molecular formula is C16H18N4O. The fourth-order valence-electron chi connectivity index (χ4n) is 1.76. The Morgan fingerprint density at radius 3 is 2.57 bits per heavy atom. The number of hydrogen-bond donors (Lipinski definition) is 2. The lowest BCUT2D eigenvalue weighted by Gasteiger charge is -2.13. The highest BCUT2D eigenvalue weighted by atomic mass is 16.5. The van der Waals surface area contributed by atoms with E-state index < -0.39 is 0 Å². The summed E-state index contributed by atoms with van der Waals surface area (Å²) in [6, 6.07) is 13.1. The van der Waals surface area contributed by atoms with Crippen LogP contribution < -0.4 is 15.8 Å². The van der Waals surface area contributed by atoms with Gasteiger partial charge in [0.1, 0.15) is 5.82 Å². The summed E-state index contributed by atoms with van der Waals surface area (Å²) < 4.78 is 5.56. The highest BCUT2D eigenvalue weighted by molar-refractivity contribution is 5.53. The average Bonchev–Trinajstić information content (AvgIpc) is 2.48. The van der Waals surface area contributed by atoms with E-state index in [9.17, 15) is 0 Å². The first-order valence-electron chi connectivity index (χ1n) is 6.74. The highest BCUT2D eigenvalue weighted by Gasteiger charge is 2.06. The van der Waals surface area contributed by atoms with Crippen molar-refractivity contribution in [2.75, 3.05) is 11.1 Å². The van der Waals surface area contributed by atoms with Gasteiger partial charge < -0.3 is 15.8 Å². The monoisotopic (exact) mass is 282 g/mol. The normalized spacial score (nSPS) is 10.2. The second-order valence-corrected chi connectivity index (χ2v) is 4.92. The lowest BCUT2D eigenvalue weighted by atomic mass is 10.1. The van der Waals surface area contributed by atoms with Gasteiger partial charge in [0.05, 0.1) is 23.4 Å². The molecule has 0 bridgehead atoms. The van der Waals surface area contributed by atoms with Crippen LogP contribution in [0.5, 0.6) is 5.88 Å². The number of rotatable bonds is 5. The fraction of sp³-hybridized carbons (Fsp3) is 0.250. The Bertz CT molecular complexity index is 644. The first kappa shape index (κ1) is 14.7. The first-order valence-corrected chi connectivity index (χ1v) is 6.74. The number of anilines is 2. The second-order valence-electron chi connectivity index (χ2n) is 4.92. The number of nitrogens with one attached hydrogen (secondary N) is 1. The van der Waals surface area contributed by atoms with E-state index in [-0.39, 0.29) is 6.10 Å². The van der Waals surface area contributed by atoms with Crippen molar-refractivity contribution in [2.45, 2.75) is 26.5 Å². The number of benzene rings is 1. The van der Waals surface area contributed by atoms with Crippen LogP contribution in [0.25, 0.3) is 0 Å². The minimum absolute atomic E-state index is 0.0218. The molecule has 0 saturated carbocycles. The zero-order valence-corrected chi connectivity index (χ0v) is 12.1. The van der Waals surface area contributed by atoms with Gasteiger partial charge in [-0.3, -0.25) is 0 Å². The standard InChI is InChI=1S/C16H18N4O/c1-11(2)21-16-14(18)7-8-15(20-16)19-10-13-5-3-12(9-17)4-6-13/h3-8,11H,10,18H2,1-2H3,(H,19,20). The van der Waals surface area contributed by atoms with E-state index in [1.165, 1.54) is 0 Å². The van der Waals surface area contributed by atoms with E-state index in [1.807, 2.05) is 32.0 Å². The Morgan fingerprint density at radius 2 is 1.95 bits per heavy atom. The van der Waals surface area contributed by atoms with E-state index in [2.05, 4.69) is 16.4 Å². The number of nitrogens with two attached hydrogens (primary N) is 1. The molecular weight excluding hydrogens is 264 g/mol. The van der Waals surface area contributed by atoms with E-state index in [4.69, 9.17) is 15.7 Å². The quantitative estimate of drug-likeness (QED) is 0.880. The number of nitriles is 1. The summed E-state index contributed by atoms with van der Waals surface area (Å²) in [4.78, 5) is 4.35. The van der Waals surface area contributed by atoms with Gasteiger partial charge in [0.15, 0.2) is 0 Å². The zero-order valence-electron chi connectivity index (χ0n) is 12.1. The fourth-order valence-corrected chi connectivity index (χ4v) is 1.76. The van der Waals surface area contributed by atoms with E-state index in [1.54, 1.807) is 18.2 Å². The van der Waals surface area contributed by atoms with Crippen molar-refractivity contribution in [3.05, 3.63) is 47.5 Å². The number of nitrogens with zero attached hydrogens (tertiary/aromatic N) is 2. The largest absolute Gasteiger partial charge is 0.473 e. The van der Waals surface area contributed by atoms with Gasteiger partial charge in [-0.05, 0) is 43.7 Å². The Hall–Kier alpha value is -2.74. The minimum atomic E-state index is 0.0218. The molecule has 0 unspecified atom stereocenters. The van der Waals surface area contributed by atoms with Gasteiger partial charge in [-0.1, -0.05) is 12.1 Å². The summed E-state index contributed by atoms with van der Waals surface area (Å²) in [7, 11) is 0. The molecule has 0 aliphatic carbocycles. The maximum atomic E-state index is 8.76. The molecule has 1 aromatic carbocycles. The maximum Gasteiger partial charge on any atom is 0.239 e. The van der Waals surface area contributed by atoms with E-state index in [0.717, 1.165) is 5.56 Å². The van der Waals surface area contributed by atoms with E-state index in [0.29, 0.717) is 29.5 Å². The van der Waals surface area contributed by atoms with Gasteiger partial charge in [0, 0.05) is 6.54 Å². The van der Waals surface area contributed by atoms with Crippen LogP contribution >= 0.6 is 0 Å². The number of nitrogen functional groups attached to an aromatic ring is 1. The predicted molar refractivity (Wildman–Crippen MR) is 82.9 cm³/mol. The molecule has 0 atom stereocenters. The van der Waals surface area contributed by atoms with Crippen molar-refractivity contribution in [3.63, 3.8) is 0 Å². The van der Waals surface area contributed by atoms with Crippen LogP contribution in [0.4, 0.5) is 11.5 Å². The molecule has 5 heteroatoms. The summed E-state index contributed by atoms with van der Waals surface area (Å²) >= 11 is 0. The first-order chi connectivity index (χ1) is 10.1. The average molecular weight is 282 g/mol. The molecule has 21 heavy (non-hydrogen) atoms. The highest BCUT2D eigenvalue weighted by Crippen LogP contribution is 2.22. The lowest BCUT2D eigenvalue weighted by Crippen LogP contribution is -2.10. The maximum absolute atomic E-state index is 8.76. The van der Waals surface area contributed by atoms with Crippen LogP contribution in [0.2, 0.25) is 0 Å². The smallest absolute Gasteiger partial charge is 0.239 e. The number of hydrogen-bond acceptors (Lipinski definition) is 5. The molecule has 0 fully saturated rings. The van der Waals surface area contributed by atoms with Crippen molar-refractivity contribution in [1.82, 2.24) is 4.98 Å². The van der Waals surface area contributed by atoms with Crippen molar-refractivity contribution in [3.8, 4) is 11.9 Å². The van der Waals surface area contributed by atoms with E-state index >= 15 is 0 Å². The summed E-state index contributed by atoms with van der Waals surface area (Å²) in [5.74, 6) is 1.14. The lowest BCUT2D eigenvalue weighted by molar-refractivity contribution is 0.234. The Kier molecular flexibility index (Phi) is 4.62. The van der Waals surface area contributed by atoms with Gasteiger partial charge in [-0.25, -0.2) is 0 Å². The van der Waals surface area contributed by atoms with Crippen LogP contribution in [-0.2, 0) is 6.54 Å². The third kappa shape index (κ3) is 4.11. The number of aromatic nitrogens is 1. The predicted octanol–water partition coefficient (Wildman–Crippen LogP) is 2.93. The summed E-state index contributed by atoms with van der Waals surface area (Å²) in [6.07, 6.45) is 0.0218. The molecule has 3 N–H and O–H groups in total. The molecule has 0 aliphatic heterocycles. The molecule has 2 aromatic rings. The Balaban J connectivity index is 2.04. The zero-order chi connectivity index (χ0) is 15.2. The molecule has 5 nitrogen and oxygen atoms in total. The molecule has 0 aliphatic rings. The van der Waals surface area contributed by atoms with Crippen LogP contribution in [0.3, 0.4) is 0 Å². The van der Waals surface area contributed by atoms with Crippen LogP contribution in [0.1, 0.15) is 25.0 Å². The number of pyridine rings is 1. The summed E-state index contributed by atoms with van der Waals surface area (Å²) in [6.45, 7) is 4.47. The molecule has 108 valence electrons. The van der Waals surface area contributed by atoms with Gasteiger partial charge in [-0.15, -0.1) is 0 Å². The van der Waals surface area contributed by atoms with Crippen molar-refractivity contribution in [2.24, 2.45) is 0 Å². The third-order valence-corrected chi connectivity index (χ3v) is 2.79. The van der Waals surface area contributed by atoms with Gasteiger partial charge in [-0.2, -0.15) is 10.2 Å². The third-order valence-electron chi connectivity index (χ3n) is 2.79.